The summed E-state index contributed by atoms with van der Waals surface area (Å²) in [6.07, 6.45) is 9.10. The molecule has 2 heteroatoms. The molecule has 0 aromatic rings. The molecule has 0 amide bonds. The maximum absolute atomic E-state index is 9.98. The van der Waals surface area contributed by atoms with Crippen LogP contribution in [-0.2, 0) is 4.55 Å². The molecule has 0 saturated carbocycles. The fourth-order valence-corrected chi connectivity index (χ4v) is 1.44. The molecule has 0 atom stereocenters. The summed E-state index contributed by atoms with van der Waals surface area (Å²) in [5.41, 5.74) is 0. The van der Waals surface area contributed by atoms with Gasteiger partial charge in [0.1, 0.15) is 0 Å². The van der Waals surface area contributed by atoms with Gasteiger partial charge in [0.2, 0.25) is 0 Å². The van der Waals surface area contributed by atoms with Gasteiger partial charge in [-0.1, -0.05) is 45.4 Å². The van der Waals surface area contributed by atoms with Gasteiger partial charge in [0, 0.05) is 17.8 Å². The van der Waals surface area contributed by atoms with Gasteiger partial charge >= 0.3 is 0 Å². The number of rotatable bonds is 8. The van der Waals surface area contributed by atoms with Gasteiger partial charge in [-0.2, -0.15) is 4.55 Å². The standard InChI is InChI=1S/C9H19OS/c1-2-3-4-5-6-7-8-9-11-10/h2-9H2,1H3. The monoisotopic (exact) mass is 175 g/mol. The van der Waals surface area contributed by atoms with E-state index in [-0.39, 0.29) is 0 Å². The zero-order valence-electron chi connectivity index (χ0n) is 7.47. The molecule has 1 radical (unpaired) electrons. The van der Waals surface area contributed by atoms with Gasteiger partial charge < -0.3 is 0 Å². The zero-order valence-corrected chi connectivity index (χ0v) is 8.29. The molecule has 0 saturated heterocycles. The van der Waals surface area contributed by atoms with E-state index in [0.717, 1.165) is 24.2 Å². The van der Waals surface area contributed by atoms with Crippen LogP contribution in [0.15, 0.2) is 0 Å². The summed E-state index contributed by atoms with van der Waals surface area (Å²) < 4.78 is 9.98. The molecule has 0 heterocycles. The summed E-state index contributed by atoms with van der Waals surface area (Å²) >= 11 is 0.720. The van der Waals surface area contributed by atoms with E-state index < -0.39 is 0 Å². The third-order valence-electron chi connectivity index (χ3n) is 1.83. The lowest BCUT2D eigenvalue weighted by Crippen LogP contribution is -1.81. The van der Waals surface area contributed by atoms with E-state index >= 15 is 0 Å². The minimum atomic E-state index is 0.720. The summed E-state index contributed by atoms with van der Waals surface area (Å²) in [6, 6.07) is 0. The average molecular weight is 175 g/mol. The Kier molecular flexibility index (Phi) is 10.6. The van der Waals surface area contributed by atoms with Gasteiger partial charge in [0.05, 0.1) is 0 Å². The second kappa shape index (κ2) is 10.3. The van der Waals surface area contributed by atoms with E-state index in [0.29, 0.717) is 0 Å². The Bertz CT molecular complexity index is 58.6. The first-order chi connectivity index (χ1) is 5.41. The molecule has 0 aliphatic carbocycles. The van der Waals surface area contributed by atoms with Crippen molar-refractivity contribution in [2.75, 3.05) is 5.75 Å². The number of unbranched alkanes of at least 4 members (excludes halogenated alkanes) is 6. The molecule has 0 aromatic heterocycles. The Morgan fingerprint density at radius 1 is 0.909 bits per heavy atom. The maximum Gasteiger partial charge on any atom is 0.0326 e. The molecule has 11 heavy (non-hydrogen) atoms. The fourth-order valence-electron chi connectivity index (χ4n) is 1.12. The molecule has 0 N–H and O–H groups in total. The SMILES string of the molecule is CCCCCCCCCS[O]. The molecule has 0 fully saturated rings. The van der Waals surface area contributed by atoms with Crippen molar-refractivity contribution in [1.82, 2.24) is 0 Å². The highest BCUT2D eigenvalue weighted by Gasteiger charge is 1.90. The second-order valence-electron chi connectivity index (χ2n) is 2.94. The highest BCUT2D eigenvalue weighted by Crippen LogP contribution is 2.08. The molecular weight excluding hydrogens is 156 g/mol. The van der Waals surface area contributed by atoms with Gasteiger partial charge in [-0.3, -0.25) is 0 Å². The van der Waals surface area contributed by atoms with E-state index in [1.54, 1.807) is 0 Å². The van der Waals surface area contributed by atoms with Crippen molar-refractivity contribution >= 4 is 12.0 Å². The van der Waals surface area contributed by atoms with Crippen molar-refractivity contribution in [2.45, 2.75) is 51.9 Å². The first-order valence-corrected chi connectivity index (χ1v) is 5.57. The van der Waals surface area contributed by atoms with Crippen LogP contribution in [-0.4, -0.2) is 5.75 Å². The lowest BCUT2D eigenvalue weighted by molar-refractivity contribution is 0.527. The summed E-state index contributed by atoms with van der Waals surface area (Å²) in [5, 5.41) is 0. The minimum Gasteiger partial charge on any atom is -0.151 e. The van der Waals surface area contributed by atoms with Crippen LogP contribution in [0, 0.1) is 0 Å². The lowest BCUT2D eigenvalue weighted by Gasteiger charge is -1.98. The summed E-state index contributed by atoms with van der Waals surface area (Å²) in [6.45, 7) is 2.23. The smallest absolute Gasteiger partial charge is 0.0326 e. The predicted octanol–water partition coefficient (Wildman–Crippen LogP) is 3.82. The van der Waals surface area contributed by atoms with Crippen LogP contribution in [0.4, 0.5) is 0 Å². The van der Waals surface area contributed by atoms with E-state index in [4.69, 9.17) is 0 Å². The molecule has 0 aliphatic rings. The molecule has 0 rings (SSSR count). The minimum absolute atomic E-state index is 0.720. The largest absolute Gasteiger partial charge is 0.151 e. The molecule has 67 valence electrons. The van der Waals surface area contributed by atoms with E-state index in [1.807, 2.05) is 0 Å². The Morgan fingerprint density at radius 3 is 2.00 bits per heavy atom. The van der Waals surface area contributed by atoms with Crippen molar-refractivity contribution in [2.24, 2.45) is 0 Å². The van der Waals surface area contributed by atoms with Gasteiger partial charge in [-0.25, -0.2) is 0 Å². The Labute approximate surface area is 74.8 Å². The Hall–Kier alpha value is 0.310. The van der Waals surface area contributed by atoms with Crippen LogP contribution in [0.1, 0.15) is 51.9 Å². The second-order valence-corrected chi connectivity index (χ2v) is 3.59. The Morgan fingerprint density at radius 2 is 1.45 bits per heavy atom. The molecule has 0 aliphatic heterocycles. The molecule has 0 bridgehead atoms. The van der Waals surface area contributed by atoms with Crippen LogP contribution < -0.4 is 0 Å². The molecular formula is C9H19OS. The predicted molar refractivity (Wildman–Crippen MR) is 51.1 cm³/mol. The quantitative estimate of drug-likeness (QED) is 0.405. The highest BCUT2D eigenvalue weighted by atomic mass is 32.2. The van der Waals surface area contributed by atoms with E-state index in [2.05, 4.69) is 6.92 Å². The third kappa shape index (κ3) is 10.3. The molecule has 0 unspecified atom stereocenters. The normalized spacial score (nSPS) is 10.4. The summed E-state index contributed by atoms with van der Waals surface area (Å²) in [7, 11) is 0. The van der Waals surface area contributed by atoms with Crippen LogP contribution in [0.2, 0.25) is 0 Å². The van der Waals surface area contributed by atoms with Crippen molar-refractivity contribution in [3.05, 3.63) is 0 Å². The molecule has 1 nitrogen and oxygen atoms in total. The molecule has 0 spiro atoms. The lowest BCUT2D eigenvalue weighted by atomic mass is 10.1. The topological polar surface area (TPSA) is 19.9 Å². The first kappa shape index (κ1) is 11.3. The van der Waals surface area contributed by atoms with Crippen LogP contribution >= 0.6 is 12.0 Å². The van der Waals surface area contributed by atoms with Crippen molar-refractivity contribution in [1.29, 1.82) is 0 Å². The van der Waals surface area contributed by atoms with Crippen LogP contribution in [0.5, 0.6) is 0 Å². The van der Waals surface area contributed by atoms with Crippen molar-refractivity contribution < 1.29 is 4.55 Å². The highest BCUT2D eigenvalue weighted by molar-refractivity contribution is 7.93. The molecule has 0 aromatic carbocycles. The number of hydrogen-bond donors (Lipinski definition) is 0. The number of hydrogen-bond acceptors (Lipinski definition) is 1. The first-order valence-electron chi connectivity index (χ1n) is 4.66. The van der Waals surface area contributed by atoms with Gasteiger partial charge in [0.25, 0.3) is 0 Å². The van der Waals surface area contributed by atoms with Gasteiger partial charge in [-0.05, 0) is 6.42 Å². The average Bonchev–Trinajstić information content (AvgIpc) is 2.03. The van der Waals surface area contributed by atoms with Crippen LogP contribution in [0.3, 0.4) is 0 Å². The fraction of sp³-hybridized carbons (Fsp3) is 1.00. The summed E-state index contributed by atoms with van der Waals surface area (Å²) in [4.78, 5) is 0. The van der Waals surface area contributed by atoms with E-state index in [1.165, 1.54) is 38.5 Å². The Balaban J connectivity index is 2.69. The van der Waals surface area contributed by atoms with Crippen LogP contribution in [0.25, 0.3) is 0 Å². The van der Waals surface area contributed by atoms with Crippen molar-refractivity contribution in [3.63, 3.8) is 0 Å². The zero-order chi connectivity index (χ0) is 8.36. The van der Waals surface area contributed by atoms with Gasteiger partial charge in [0.15, 0.2) is 0 Å². The third-order valence-corrected chi connectivity index (χ3v) is 2.29. The van der Waals surface area contributed by atoms with Crippen molar-refractivity contribution in [3.8, 4) is 0 Å². The van der Waals surface area contributed by atoms with E-state index in [9.17, 15) is 4.55 Å². The van der Waals surface area contributed by atoms with Gasteiger partial charge in [-0.15, -0.1) is 0 Å². The summed E-state index contributed by atoms with van der Waals surface area (Å²) in [5.74, 6) is 0.799. The maximum atomic E-state index is 9.98.